The molecule has 0 bridgehead atoms. The zero-order valence-corrected chi connectivity index (χ0v) is 18.8. The molecular weight excluding hydrogens is 414 g/mol. The van der Waals surface area contributed by atoms with E-state index in [1.54, 1.807) is 7.05 Å². The molecule has 1 fully saturated rings. The van der Waals surface area contributed by atoms with Crippen molar-refractivity contribution in [2.75, 3.05) is 33.5 Å². The van der Waals surface area contributed by atoms with Gasteiger partial charge in [-0.15, -0.1) is 0 Å². The molecule has 0 spiro atoms. The molecule has 0 heterocycles. The summed E-state index contributed by atoms with van der Waals surface area (Å²) in [5.41, 5.74) is 2.50. The van der Waals surface area contributed by atoms with Gasteiger partial charge in [0.2, 0.25) is 0 Å². The van der Waals surface area contributed by atoms with E-state index in [4.69, 9.17) is 19.3 Å². The number of carboxylic acid groups (broad SMARTS) is 1. The lowest BCUT2D eigenvalue weighted by Gasteiger charge is -2.32. The van der Waals surface area contributed by atoms with Gasteiger partial charge in [-0.3, -0.25) is 10.1 Å². The van der Waals surface area contributed by atoms with E-state index in [0.717, 1.165) is 31.4 Å². The number of aliphatic hydroxyl groups excluding tert-OH is 1. The molecule has 0 aliphatic heterocycles. The van der Waals surface area contributed by atoms with Crippen LogP contribution in [0.4, 0.5) is 0 Å². The number of nitrogens with one attached hydrogen (secondary N) is 1. The molecule has 1 aromatic rings. The molecule has 8 nitrogen and oxygen atoms in total. The molecule has 4 atom stereocenters. The lowest BCUT2D eigenvalue weighted by atomic mass is 9.74. The molecule has 1 saturated carbocycles. The number of carbonyl (C=O) groups is 2. The standard InChI is InChI=1S/C24H35NO7/c1-25-22(26)8-7-16-5-6-18-14-20-17(13-19(16)18)3-2-4-21(20)32-15-24(29)31-12-11-30-10-9-23(27)28/h2-4,16,18-19,22,25-26H,5-15H2,1H3,(H,27,28). The Morgan fingerprint density at radius 2 is 2.03 bits per heavy atom. The first kappa shape index (κ1) is 24.5. The summed E-state index contributed by atoms with van der Waals surface area (Å²) < 4.78 is 16.0. The van der Waals surface area contributed by atoms with Crippen LogP contribution < -0.4 is 10.1 Å². The van der Waals surface area contributed by atoms with E-state index in [1.807, 2.05) is 12.1 Å². The van der Waals surface area contributed by atoms with Crippen molar-refractivity contribution in [3.8, 4) is 5.75 Å². The summed E-state index contributed by atoms with van der Waals surface area (Å²) in [7, 11) is 1.78. The van der Waals surface area contributed by atoms with Gasteiger partial charge in [0.25, 0.3) is 0 Å². The van der Waals surface area contributed by atoms with Crippen molar-refractivity contribution >= 4 is 11.9 Å². The first-order valence-electron chi connectivity index (χ1n) is 11.5. The number of rotatable bonds is 13. The van der Waals surface area contributed by atoms with Gasteiger partial charge in [-0.25, -0.2) is 4.79 Å². The normalized spacial score (nSPS) is 22.6. The minimum Gasteiger partial charge on any atom is -0.482 e. The summed E-state index contributed by atoms with van der Waals surface area (Å²) in [5.74, 6) is 1.28. The van der Waals surface area contributed by atoms with Gasteiger partial charge in [-0.1, -0.05) is 12.1 Å². The van der Waals surface area contributed by atoms with Gasteiger partial charge < -0.3 is 24.4 Å². The minimum atomic E-state index is -0.923. The molecular formula is C24H35NO7. The van der Waals surface area contributed by atoms with Crippen LogP contribution in [0, 0.1) is 17.8 Å². The van der Waals surface area contributed by atoms with Crippen molar-refractivity contribution in [1.82, 2.24) is 5.32 Å². The highest BCUT2D eigenvalue weighted by molar-refractivity contribution is 5.71. The maximum absolute atomic E-state index is 12.0. The molecule has 32 heavy (non-hydrogen) atoms. The van der Waals surface area contributed by atoms with E-state index in [0.29, 0.717) is 17.8 Å². The van der Waals surface area contributed by atoms with Crippen molar-refractivity contribution in [1.29, 1.82) is 0 Å². The Bertz CT molecular complexity index is 769. The molecule has 0 radical (unpaired) electrons. The Balaban J connectivity index is 1.46. The summed E-state index contributed by atoms with van der Waals surface area (Å²) in [6.07, 6.45) is 5.72. The number of aliphatic hydroxyl groups is 1. The summed E-state index contributed by atoms with van der Waals surface area (Å²) in [6, 6.07) is 6.05. The van der Waals surface area contributed by atoms with Crippen molar-refractivity contribution in [3.63, 3.8) is 0 Å². The van der Waals surface area contributed by atoms with Gasteiger partial charge in [0.15, 0.2) is 6.61 Å². The first-order chi connectivity index (χ1) is 15.5. The van der Waals surface area contributed by atoms with E-state index in [9.17, 15) is 14.7 Å². The number of benzene rings is 1. The average Bonchev–Trinajstić information content (AvgIpc) is 3.18. The highest BCUT2D eigenvalue weighted by Crippen LogP contribution is 2.48. The monoisotopic (exact) mass is 449 g/mol. The fraction of sp³-hybridized carbons (Fsp3) is 0.667. The lowest BCUT2D eigenvalue weighted by molar-refractivity contribution is -0.148. The third-order valence-electron chi connectivity index (χ3n) is 6.71. The van der Waals surface area contributed by atoms with Gasteiger partial charge in [0, 0.05) is 0 Å². The predicted octanol–water partition coefficient (Wildman–Crippen LogP) is 2.16. The second kappa shape index (κ2) is 12.2. The number of carboxylic acids is 1. The Hall–Kier alpha value is -2.16. The number of hydrogen-bond donors (Lipinski definition) is 3. The van der Waals surface area contributed by atoms with Crippen LogP contribution in [0.3, 0.4) is 0 Å². The van der Waals surface area contributed by atoms with Gasteiger partial charge >= 0.3 is 11.9 Å². The van der Waals surface area contributed by atoms with Crippen molar-refractivity contribution in [3.05, 3.63) is 29.3 Å². The third-order valence-corrected chi connectivity index (χ3v) is 6.71. The Kier molecular flexibility index (Phi) is 9.32. The van der Waals surface area contributed by atoms with Crippen LogP contribution in [-0.4, -0.2) is 61.9 Å². The maximum Gasteiger partial charge on any atom is 0.344 e. The quantitative estimate of drug-likeness (QED) is 0.238. The molecule has 3 N–H and O–H groups in total. The molecule has 0 amide bonds. The van der Waals surface area contributed by atoms with Crippen LogP contribution in [0.15, 0.2) is 18.2 Å². The van der Waals surface area contributed by atoms with Gasteiger partial charge in [-0.2, -0.15) is 0 Å². The highest BCUT2D eigenvalue weighted by atomic mass is 16.6. The third kappa shape index (κ3) is 6.92. The van der Waals surface area contributed by atoms with Crippen LogP contribution in [0.25, 0.3) is 0 Å². The Morgan fingerprint density at radius 3 is 2.81 bits per heavy atom. The number of hydrogen-bond acceptors (Lipinski definition) is 7. The molecule has 1 aromatic carbocycles. The molecule has 0 saturated heterocycles. The molecule has 4 unspecified atom stereocenters. The van der Waals surface area contributed by atoms with Gasteiger partial charge in [0.05, 0.1) is 19.6 Å². The van der Waals surface area contributed by atoms with E-state index in [-0.39, 0.29) is 32.8 Å². The molecule has 8 heteroatoms. The second-order valence-corrected chi connectivity index (χ2v) is 8.71. The van der Waals surface area contributed by atoms with Crippen molar-refractivity contribution < 1.29 is 34.0 Å². The number of fused-ring (bicyclic) bond motifs is 2. The average molecular weight is 450 g/mol. The minimum absolute atomic E-state index is 0.0715. The van der Waals surface area contributed by atoms with E-state index >= 15 is 0 Å². The van der Waals surface area contributed by atoms with E-state index in [1.165, 1.54) is 24.0 Å². The molecule has 0 aromatic heterocycles. The van der Waals surface area contributed by atoms with Gasteiger partial charge in [-0.05, 0) is 80.5 Å². The van der Waals surface area contributed by atoms with Crippen LogP contribution in [0.2, 0.25) is 0 Å². The molecule has 3 rings (SSSR count). The van der Waals surface area contributed by atoms with E-state index in [2.05, 4.69) is 11.4 Å². The molecule has 2 aliphatic rings. The maximum atomic E-state index is 12.0. The SMILES string of the molecule is CNC(O)CCC1CCC2Cc3c(cccc3OCC(=O)OCCOCCC(=O)O)CC12. The van der Waals surface area contributed by atoms with Crippen LogP contribution in [0.1, 0.15) is 43.2 Å². The van der Waals surface area contributed by atoms with Crippen molar-refractivity contribution in [2.24, 2.45) is 17.8 Å². The lowest BCUT2D eigenvalue weighted by Crippen LogP contribution is -2.28. The van der Waals surface area contributed by atoms with Crippen LogP contribution in [0.5, 0.6) is 5.75 Å². The molecule has 2 aliphatic carbocycles. The van der Waals surface area contributed by atoms with Crippen LogP contribution >= 0.6 is 0 Å². The van der Waals surface area contributed by atoms with Crippen LogP contribution in [-0.2, 0) is 31.9 Å². The summed E-state index contributed by atoms with van der Waals surface area (Å²) in [6.45, 7) is 0.167. The smallest absolute Gasteiger partial charge is 0.344 e. The summed E-state index contributed by atoms with van der Waals surface area (Å²) >= 11 is 0. The Morgan fingerprint density at radius 1 is 1.19 bits per heavy atom. The topological polar surface area (TPSA) is 114 Å². The fourth-order valence-corrected chi connectivity index (χ4v) is 5.04. The Labute approximate surface area is 189 Å². The number of aliphatic carboxylic acids is 1. The zero-order chi connectivity index (χ0) is 22.9. The number of carbonyl (C=O) groups excluding carboxylic acids is 1. The molecule has 178 valence electrons. The second-order valence-electron chi connectivity index (χ2n) is 8.71. The van der Waals surface area contributed by atoms with Crippen molar-refractivity contribution in [2.45, 2.75) is 51.2 Å². The highest BCUT2D eigenvalue weighted by Gasteiger charge is 2.39. The predicted molar refractivity (Wildman–Crippen MR) is 117 cm³/mol. The number of esters is 1. The summed E-state index contributed by atoms with van der Waals surface area (Å²) in [5, 5.41) is 21.3. The number of ether oxygens (including phenoxy) is 3. The van der Waals surface area contributed by atoms with E-state index < -0.39 is 18.2 Å². The van der Waals surface area contributed by atoms with Gasteiger partial charge in [0.1, 0.15) is 18.6 Å². The zero-order valence-electron chi connectivity index (χ0n) is 18.8. The fourth-order valence-electron chi connectivity index (χ4n) is 5.04. The first-order valence-corrected chi connectivity index (χ1v) is 11.5. The largest absolute Gasteiger partial charge is 0.482 e. The summed E-state index contributed by atoms with van der Waals surface area (Å²) in [4.78, 5) is 22.4.